The maximum absolute atomic E-state index is 12.6. The maximum Gasteiger partial charge on any atom is 0.251 e. The molecule has 0 aromatic heterocycles. The summed E-state index contributed by atoms with van der Waals surface area (Å²) in [4.78, 5) is 12.7. The minimum atomic E-state index is -3.59. The van der Waals surface area contributed by atoms with Gasteiger partial charge in [-0.1, -0.05) is 18.9 Å². The van der Waals surface area contributed by atoms with Gasteiger partial charge in [0.2, 0.25) is 10.0 Å². The van der Waals surface area contributed by atoms with Gasteiger partial charge in [-0.3, -0.25) is 4.79 Å². The number of hydrogen-bond donors (Lipinski definition) is 3. The summed E-state index contributed by atoms with van der Waals surface area (Å²) in [5, 5.41) is 6.36. The van der Waals surface area contributed by atoms with Crippen LogP contribution < -0.4 is 15.4 Å². The highest BCUT2D eigenvalue weighted by molar-refractivity contribution is 7.89. The number of carbonyl (C=O) groups is 1. The molecule has 26 heavy (non-hydrogen) atoms. The van der Waals surface area contributed by atoms with Crippen molar-refractivity contribution < 1.29 is 13.2 Å². The zero-order valence-electron chi connectivity index (χ0n) is 15.0. The minimum Gasteiger partial charge on any atom is -0.348 e. The summed E-state index contributed by atoms with van der Waals surface area (Å²) in [5.74, 6) is -0.224. The van der Waals surface area contributed by atoms with E-state index in [1.807, 2.05) is 0 Å². The number of hydrogen-bond acceptors (Lipinski definition) is 4. The van der Waals surface area contributed by atoms with Gasteiger partial charge >= 0.3 is 0 Å². The number of rotatable bonds is 5. The van der Waals surface area contributed by atoms with E-state index in [9.17, 15) is 13.2 Å². The van der Waals surface area contributed by atoms with Crippen molar-refractivity contribution in [1.29, 1.82) is 0 Å². The highest BCUT2D eigenvalue weighted by atomic mass is 35.5. The van der Waals surface area contributed by atoms with E-state index in [0.29, 0.717) is 5.56 Å². The summed E-state index contributed by atoms with van der Waals surface area (Å²) in [6, 6.07) is 6.58. The lowest BCUT2D eigenvalue weighted by atomic mass is 9.99. The molecule has 1 aliphatic heterocycles. The van der Waals surface area contributed by atoms with Crippen LogP contribution in [0.1, 0.15) is 55.8 Å². The fraction of sp³-hybridized carbons (Fsp3) is 0.611. The van der Waals surface area contributed by atoms with Crippen LogP contribution in [0.2, 0.25) is 0 Å². The van der Waals surface area contributed by atoms with Gasteiger partial charge in [-0.25, -0.2) is 13.1 Å². The summed E-state index contributed by atoms with van der Waals surface area (Å²) in [5.41, 5.74) is 0.382. The second-order valence-electron chi connectivity index (χ2n) is 7.10. The lowest BCUT2D eigenvalue weighted by molar-refractivity contribution is 0.0919. The van der Waals surface area contributed by atoms with E-state index < -0.39 is 10.0 Å². The van der Waals surface area contributed by atoms with Gasteiger partial charge in [0.25, 0.3) is 5.91 Å². The quantitative estimate of drug-likeness (QED) is 0.705. The van der Waals surface area contributed by atoms with Gasteiger partial charge in [0, 0.05) is 23.7 Å². The van der Waals surface area contributed by atoms with E-state index in [0.717, 1.165) is 45.1 Å². The lowest BCUT2D eigenvalue weighted by Gasteiger charge is -2.30. The van der Waals surface area contributed by atoms with Crippen LogP contribution in [0.4, 0.5) is 0 Å². The first kappa shape index (κ1) is 21.2. The van der Waals surface area contributed by atoms with Gasteiger partial charge in [0.1, 0.15) is 0 Å². The van der Waals surface area contributed by atoms with Crippen LogP contribution in [0.5, 0.6) is 0 Å². The van der Waals surface area contributed by atoms with Gasteiger partial charge < -0.3 is 10.6 Å². The number of piperidine rings is 1. The van der Waals surface area contributed by atoms with Gasteiger partial charge in [-0.2, -0.15) is 0 Å². The molecule has 2 aliphatic rings. The molecule has 146 valence electrons. The molecule has 2 unspecified atom stereocenters. The molecule has 0 spiro atoms. The average Bonchev–Trinajstić information content (AvgIpc) is 3.09. The number of halogens is 1. The van der Waals surface area contributed by atoms with Crippen molar-refractivity contribution in [3.63, 3.8) is 0 Å². The summed E-state index contributed by atoms with van der Waals surface area (Å²) in [7, 11) is -3.59. The topological polar surface area (TPSA) is 87.3 Å². The van der Waals surface area contributed by atoms with Crippen LogP contribution in [0.15, 0.2) is 29.2 Å². The molecule has 3 rings (SSSR count). The number of nitrogens with one attached hydrogen (secondary N) is 3. The second kappa shape index (κ2) is 9.17. The van der Waals surface area contributed by atoms with Crippen molar-refractivity contribution in [1.82, 2.24) is 15.4 Å². The van der Waals surface area contributed by atoms with E-state index in [1.165, 1.54) is 6.07 Å². The number of sulfonamides is 1. The Labute approximate surface area is 162 Å². The number of benzene rings is 1. The summed E-state index contributed by atoms with van der Waals surface area (Å²) < 4.78 is 27.9. The van der Waals surface area contributed by atoms with Crippen LogP contribution >= 0.6 is 12.4 Å². The fourth-order valence-electron chi connectivity index (χ4n) is 3.63. The molecule has 1 aliphatic carbocycles. The van der Waals surface area contributed by atoms with Crippen LogP contribution in [0.3, 0.4) is 0 Å². The van der Waals surface area contributed by atoms with Crippen molar-refractivity contribution in [3.8, 4) is 0 Å². The minimum absolute atomic E-state index is 0. The molecule has 2 fully saturated rings. The molecule has 8 heteroatoms. The molecule has 1 aromatic carbocycles. The second-order valence-corrected chi connectivity index (χ2v) is 8.81. The van der Waals surface area contributed by atoms with Crippen molar-refractivity contribution >= 4 is 28.3 Å². The molecule has 1 saturated heterocycles. The van der Waals surface area contributed by atoms with E-state index in [-0.39, 0.29) is 41.3 Å². The van der Waals surface area contributed by atoms with Crippen molar-refractivity contribution in [2.24, 2.45) is 0 Å². The molecule has 0 radical (unpaired) electrons. The molecular formula is C18H28ClN3O3S. The Bertz CT molecular complexity index is 720. The largest absolute Gasteiger partial charge is 0.348 e. The SMILES string of the molecule is CC1NCCCC1NC(=O)c1cccc(S(=O)(=O)NC2CCCC2)c1.Cl. The van der Waals surface area contributed by atoms with Crippen molar-refractivity contribution in [2.75, 3.05) is 6.54 Å². The monoisotopic (exact) mass is 401 g/mol. The van der Waals surface area contributed by atoms with Crippen LogP contribution in [-0.2, 0) is 10.0 Å². The Balaban J connectivity index is 0.00000243. The standard InChI is InChI=1S/C18H27N3O3S.ClH/c1-13-17(10-5-11-19-13)20-18(22)14-6-4-9-16(12-14)25(23,24)21-15-7-2-3-8-15;/h4,6,9,12-13,15,17,19,21H,2-3,5,7-8,10-11H2,1H3,(H,20,22);1H. The zero-order chi connectivity index (χ0) is 17.9. The number of amides is 1. The molecule has 1 amide bonds. The Morgan fingerprint density at radius 1 is 1.15 bits per heavy atom. The highest BCUT2D eigenvalue weighted by Crippen LogP contribution is 2.21. The third kappa shape index (κ3) is 5.19. The predicted octanol–water partition coefficient (Wildman–Crippen LogP) is 2.20. The summed E-state index contributed by atoms with van der Waals surface area (Å²) in [6.07, 6.45) is 5.83. The Hall–Kier alpha value is -1.15. The summed E-state index contributed by atoms with van der Waals surface area (Å²) >= 11 is 0. The summed E-state index contributed by atoms with van der Waals surface area (Å²) in [6.45, 7) is 3.02. The smallest absolute Gasteiger partial charge is 0.251 e. The van der Waals surface area contributed by atoms with Gasteiger partial charge in [-0.05, 0) is 57.4 Å². The Morgan fingerprint density at radius 2 is 1.88 bits per heavy atom. The molecule has 6 nitrogen and oxygen atoms in total. The third-order valence-electron chi connectivity index (χ3n) is 5.16. The highest BCUT2D eigenvalue weighted by Gasteiger charge is 2.25. The third-order valence-corrected chi connectivity index (χ3v) is 6.68. The molecule has 0 bridgehead atoms. The molecular weight excluding hydrogens is 374 g/mol. The Morgan fingerprint density at radius 3 is 2.58 bits per heavy atom. The van der Waals surface area contributed by atoms with Gasteiger partial charge in [0.05, 0.1) is 4.90 Å². The van der Waals surface area contributed by atoms with E-state index in [4.69, 9.17) is 0 Å². The van der Waals surface area contributed by atoms with Crippen LogP contribution in [-0.4, -0.2) is 39.0 Å². The normalized spacial score (nSPS) is 24.0. The van der Waals surface area contributed by atoms with Gasteiger partial charge in [0.15, 0.2) is 0 Å². The predicted molar refractivity (Wildman–Crippen MR) is 104 cm³/mol. The number of carbonyl (C=O) groups excluding carboxylic acids is 1. The molecule has 1 saturated carbocycles. The molecule has 2 atom stereocenters. The van der Waals surface area contributed by atoms with Crippen molar-refractivity contribution in [3.05, 3.63) is 29.8 Å². The lowest BCUT2D eigenvalue weighted by Crippen LogP contribution is -2.51. The van der Waals surface area contributed by atoms with E-state index in [2.05, 4.69) is 22.3 Å². The van der Waals surface area contributed by atoms with E-state index >= 15 is 0 Å². The first-order chi connectivity index (χ1) is 12.0. The van der Waals surface area contributed by atoms with E-state index in [1.54, 1.807) is 18.2 Å². The van der Waals surface area contributed by atoms with Crippen LogP contribution in [0, 0.1) is 0 Å². The first-order valence-corrected chi connectivity index (χ1v) is 10.6. The first-order valence-electron chi connectivity index (χ1n) is 9.12. The maximum atomic E-state index is 12.6. The fourth-order valence-corrected chi connectivity index (χ4v) is 4.98. The molecule has 1 aromatic rings. The zero-order valence-corrected chi connectivity index (χ0v) is 16.7. The average molecular weight is 402 g/mol. The van der Waals surface area contributed by atoms with Crippen molar-refractivity contribution in [2.45, 2.75) is 68.5 Å². The molecule has 3 N–H and O–H groups in total. The van der Waals surface area contributed by atoms with Crippen LogP contribution in [0.25, 0.3) is 0 Å². The Kier molecular flexibility index (Phi) is 7.46. The molecule has 1 heterocycles. The van der Waals surface area contributed by atoms with Gasteiger partial charge in [-0.15, -0.1) is 12.4 Å².